The van der Waals surface area contributed by atoms with Crippen LogP contribution < -0.4 is 4.90 Å². The quantitative estimate of drug-likeness (QED) is 0.680. The molecule has 10 nitrogen and oxygen atoms in total. The van der Waals surface area contributed by atoms with Crippen molar-refractivity contribution in [2.45, 2.75) is 6.92 Å². The molecule has 0 aliphatic carbocycles. The molecule has 2 saturated heterocycles. The van der Waals surface area contributed by atoms with E-state index in [1.165, 1.54) is 6.33 Å². The first-order valence-corrected chi connectivity index (χ1v) is 8.34. The van der Waals surface area contributed by atoms with Crippen molar-refractivity contribution in [2.24, 2.45) is 13.0 Å². The fourth-order valence-electron chi connectivity index (χ4n) is 3.38. The Morgan fingerprint density at radius 3 is 2.44 bits per heavy atom. The number of amides is 2. The van der Waals surface area contributed by atoms with Crippen LogP contribution in [0.2, 0.25) is 0 Å². The summed E-state index contributed by atoms with van der Waals surface area (Å²) in [5, 5.41) is 8.10. The van der Waals surface area contributed by atoms with Crippen molar-refractivity contribution in [3.8, 4) is 0 Å². The Kier molecular flexibility index (Phi) is 3.74. The fraction of sp³-hybridized carbons (Fsp3) is 0.600. The van der Waals surface area contributed by atoms with Crippen LogP contribution in [0.15, 0.2) is 6.33 Å². The Bertz CT molecular complexity index is 820. The van der Waals surface area contributed by atoms with E-state index in [2.05, 4.69) is 20.3 Å². The molecule has 2 aromatic rings. The second kappa shape index (κ2) is 5.94. The standard InChI is InChI=1S/C15H20N8O2/c1-10(24)21-3-5-22(6-4-21)15(25)11-7-23(8-11)14-12-13(16-9-17-14)20(2)19-18-12/h9,11H,3-8H2,1-2H3. The summed E-state index contributed by atoms with van der Waals surface area (Å²) in [5.41, 5.74) is 1.34. The highest BCUT2D eigenvalue weighted by Gasteiger charge is 2.38. The number of rotatable bonds is 2. The zero-order valence-corrected chi connectivity index (χ0v) is 14.3. The van der Waals surface area contributed by atoms with Gasteiger partial charge in [-0.15, -0.1) is 5.10 Å². The predicted octanol–water partition coefficient (Wildman–Crippen LogP) is -1.11. The Morgan fingerprint density at radius 2 is 1.76 bits per heavy atom. The monoisotopic (exact) mass is 344 g/mol. The SMILES string of the molecule is CC(=O)N1CCN(C(=O)C2CN(c3ncnc4c3nnn4C)C2)CC1. The molecule has 0 bridgehead atoms. The zero-order valence-electron chi connectivity index (χ0n) is 14.3. The fourth-order valence-corrected chi connectivity index (χ4v) is 3.38. The first-order chi connectivity index (χ1) is 12.0. The van der Waals surface area contributed by atoms with Gasteiger partial charge in [0.15, 0.2) is 17.0 Å². The van der Waals surface area contributed by atoms with Crippen molar-refractivity contribution in [1.82, 2.24) is 34.8 Å². The molecule has 2 aliphatic rings. The first kappa shape index (κ1) is 15.7. The molecule has 132 valence electrons. The summed E-state index contributed by atoms with van der Waals surface area (Å²) in [4.78, 5) is 38.2. The molecule has 25 heavy (non-hydrogen) atoms. The summed E-state index contributed by atoms with van der Waals surface area (Å²) in [7, 11) is 1.79. The maximum Gasteiger partial charge on any atom is 0.229 e. The van der Waals surface area contributed by atoms with Gasteiger partial charge in [-0.2, -0.15) is 0 Å². The van der Waals surface area contributed by atoms with Gasteiger partial charge in [0.25, 0.3) is 0 Å². The molecule has 0 atom stereocenters. The number of piperazine rings is 1. The number of nitrogens with zero attached hydrogens (tertiary/aromatic N) is 8. The Balaban J connectivity index is 1.38. The van der Waals surface area contributed by atoms with E-state index >= 15 is 0 Å². The van der Waals surface area contributed by atoms with E-state index in [1.54, 1.807) is 23.6 Å². The molecule has 2 aliphatic heterocycles. The van der Waals surface area contributed by atoms with E-state index in [0.717, 1.165) is 5.82 Å². The van der Waals surface area contributed by atoms with Crippen LogP contribution in [0.5, 0.6) is 0 Å². The van der Waals surface area contributed by atoms with Crippen LogP contribution in [-0.2, 0) is 16.6 Å². The lowest BCUT2D eigenvalue weighted by molar-refractivity contribution is -0.141. The lowest BCUT2D eigenvalue weighted by atomic mass is 9.98. The molecule has 4 heterocycles. The van der Waals surface area contributed by atoms with Crippen LogP contribution in [0, 0.1) is 5.92 Å². The van der Waals surface area contributed by atoms with Crippen molar-refractivity contribution in [3.05, 3.63) is 6.33 Å². The second-order valence-corrected chi connectivity index (χ2v) is 6.52. The Morgan fingerprint density at radius 1 is 1.08 bits per heavy atom. The third-order valence-electron chi connectivity index (χ3n) is 4.94. The van der Waals surface area contributed by atoms with E-state index < -0.39 is 0 Å². The van der Waals surface area contributed by atoms with Crippen LogP contribution in [0.3, 0.4) is 0 Å². The van der Waals surface area contributed by atoms with E-state index in [-0.39, 0.29) is 17.7 Å². The topological polar surface area (TPSA) is 100 Å². The van der Waals surface area contributed by atoms with Crippen molar-refractivity contribution >= 4 is 28.8 Å². The highest BCUT2D eigenvalue weighted by atomic mass is 16.2. The molecular weight excluding hydrogens is 324 g/mol. The number of carbonyl (C=O) groups is 2. The maximum atomic E-state index is 12.6. The number of fused-ring (bicyclic) bond motifs is 1. The second-order valence-electron chi connectivity index (χ2n) is 6.52. The molecule has 0 saturated carbocycles. The van der Waals surface area contributed by atoms with Gasteiger partial charge in [0.05, 0.1) is 5.92 Å². The number of carbonyl (C=O) groups excluding carboxylic acids is 2. The molecule has 0 unspecified atom stereocenters. The highest BCUT2D eigenvalue weighted by molar-refractivity contribution is 5.86. The van der Waals surface area contributed by atoms with Crippen molar-refractivity contribution < 1.29 is 9.59 Å². The predicted molar refractivity (Wildman–Crippen MR) is 88.6 cm³/mol. The Hall–Kier alpha value is -2.78. The summed E-state index contributed by atoms with van der Waals surface area (Å²) < 4.78 is 1.61. The molecule has 2 aromatic heterocycles. The normalized spacial score (nSPS) is 18.6. The molecular formula is C15H20N8O2. The van der Waals surface area contributed by atoms with Crippen LogP contribution in [0.1, 0.15) is 6.92 Å². The van der Waals surface area contributed by atoms with Crippen molar-refractivity contribution in [1.29, 1.82) is 0 Å². The van der Waals surface area contributed by atoms with Gasteiger partial charge < -0.3 is 14.7 Å². The third-order valence-corrected chi connectivity index (χ3v) is 4.94. The van der Waals surface area contributed by atoms with Crippen LogP contribution in [-0.4, -0.2) is 85.8 Å². The van der Waals surface area contributed by atoms with E-state index in [1.807, 2.05) is 9.80 Å². The van der Waals surface area contributed by atoms with E-state index in [9.17, 15) is 9.59 Å². The number of aromatic nitrogens is 5. The number of aryl methyl sites for hydroxylation is 1. The number of hydrogen-bond donors (Lipinski definition) is 0. The summed E-state index contributed by atoms with van der Waals surface area (Å²) in [6, 6.07) is 0. The zero-order chi connectivity index (χ0) is 17.6. The molecule has 0 spiro atoms. The molecule has 2 amide bonds. The first-order valence-electron chi connectivity index (χ1n) is 8.34. The smallest absolute Gasteiger partial charge is 0.229 e. The summed E-state index contributed by atoms with van der Waals surface area (Å²) in [6.07, 6.45) is 1.50. The third kappa shape index (κ3) is 2.67. The van der Waals surface area contributed by atoms with Crippen molar-refractivity contribution in [2.75, 3.05) is 44.2 Å². The highest BCUT2D eigenvalue weighted by Crippen LogP contribution is 2.28. The summed E-state index contributed by atoms with van der Waals surface area (Å²) in [5.74, 6) is 0.914. The van der Waals surface area contributed by atoms with Crippen LogP contribution >= 0.6 is 0 Å². The van der Waals surface area contributed by atoms with Crippen LogP contribution in [0.25, 0.3) is 11.2 Å². The minimum Gasteiger partial charge on any atom is -0.353 e. The van der Waals surface area contributed by atoms with Gasteiger partial charge in [0, 0.05) is 53.2 Å². The summed E-state index contributed by atoms with van der Waals surface area (Å²) in [6.45, 7) is 5.25. The molecule has 0 aromatic carbocycles. The molecule has 2 fully saturated rings. The van der Waals surface area contributed by atoms with Gasteiger partial charge >= 0.3 is 0 Å². The maximum absolute atomic E-state index is 12.6. The Labute approximate surface area is 144 Å². The van der Waals surface area contributed by atoms with E-state index in [4.69, 9.17) is 0 Å². The number of anilines is 1. The molecule has 4 rings (SSSR count). The average Bonchev–Trinajstić information content (AvgIpc) is 2.96. The summed E-state index contributed by atoms with van der Waals surface area (Å²) >= 11 is 0. The van der Waals surface area contributed by atoms with Crippen molar-refractivity contribution in [3.63, 3.8) is 0 Å². The molecule has 10 heteroatoms. The lowest BCUT2D eigenvalue weighted by Crippen LogP contribution is -2.58. The van der Waals surface area contributed by atoms with E-state index in [0.29, 0.717) is 50.4 Å². The minimum absolute atomic E-state index is 0.0365. The van der Waals surface area contributed by atoms with Gasteiger partial charge in [-0.3, -0.25) is 9.59 Å². The van der Waals surface area contributed by atoms with Crippen LogP contribution in [0.4, 0.5) is 5.82 Å². The average molecular weight is 344 g/mol. The minimum atomic E-state index is -0.0365. The molecule has 0 radical (unpaired) electrons. The lowest BCUT2D eigenvalue weighted by Gasteiger charge is -2.43. The van der Waals surface area contributed by atoms with Gasteiger partial charge in [-0.25, -0.2) is 14.6 Å². The van der Waals surface area contributed by atoms with Gasteiger partial charge in [0.1, 0.15) is 6.33 Å². The van der Waals surface area contributed by atoms with Gasteiger partial charge in [0.2, 0.25) is 11.8 Å². The number of hydrogen-bond acceptors (Lipinski definition) is 7. The van der Waals surface area contributed by atoms with Gasteiger partial charge in [-0.1, -0.05) is 5.21 Å². The van der Waals surface area contributed by atoms with Gasteiger partial charge in [-0.05, 0) is 0 Å². The largest absolute Gasteiger partial charge is 0.353 e. The molecule has 0 N–H and O–H groups in total.